The molecule has 0 aliphatic heterocycles. The van der Waals surface area contributed by atoms with Crippen molar-refractivity contribution in [3.8, 4) is 0 Å². The van der Waals surface area contributed by atoms with Crippen LogP contribution in [0.3, 0.4) is 0 Å². The first-order chi connectivity index (χ1) is 5.77. The van der Waals surface area contributed by atoms with Crippen LogP contribution in [0.4, 0.5) is 0 Å². The fourth-order valence-electron chi connectivity index (χ4n) is 0.258. The minimum Gasteiger partial charge on any atom is -0.481 e. The Morgan fingerprint density at radius 3 is 1.69 bits per heavy atom. The molecule has 5 nitrogen and oxygen atoms in total. The predicted molar refractivity (Wildman–Crippen MR) is 46.4 cm³/mol. The topological polar surface area (TPSA) is 94.8 Å². The van der Waals surface area contributed by atoms with Gasteiger partial charge in [0.2, 0.25) is 0 Å². The third-order valence-electron chi connectivity index (χ3n) is 0.667. The van der Waals surface area contributed by atoms with Crippen molar-refractivity contribution in [2.45, 2.75) is 26.4 Å². The fourth-order valence-corrected chi connectivity index (χ4v) is 0.258. The van der Waals surface area contributed by atoms with Gasteiger partial charge in [0.15, 0.2) is 0 Å². The Bertz CT molecular complexity index is 192. The van der Waals surface area contributed by atoms with E-state index in [1.54, 1.807) is 13.8 Å². The van der Waals surface area contributed by atoms with Gasteiger partial charge < -0.3 is 15.3 Å². The van der Waals surface area contributed by atoms with Crippen LogP contribution in [0.5, 0.6) is 0 Å². The molecule has 0 heterocycles. The summed E-state index contributed by atoms with van der Waals surface area (Å²) in [5.74, 6) is -2.44. The maximum absolute atomic E-state index is 9.87. The molecule has 0 aromatic carbocycles. The van der Waals surface area contributed by atoms with Crippen LogP contribution in [0.1, 0.15) is 20.3 Å². The molecule has 0 unspecified atom stereocenters. The number of carboxylic acid groups (broad SMARTS) is 2. The van der Waals surface area contributed by atoms with E-state index in [-0.39, 0.29) is 11.7 Å². The van der Waals surface area contributed by atoms with Gasteiger partial charge in [-0.15, -0.1) is 0 Å². The van der Waals surface area contributed by atoms with E-state index in [4.69, 9.17) is 15.3 Å². The fraction of sp³-hybridized carbons (Fsp3) is 0.500. The third kappa shape index (κ3) is 18.0. The van der Waals surface area contributed by atoms with Gasteiger partial charge >= 0.3 is 11.9 Å². The third-order valence-corrected chi connectivity index (χ3v) is 0.667. The Morgan fingerprint density at radius 2 is 1.62 bits per heavy atom. The molecule has 76 valence electrons. The number of carbonyl (C=O) groups is 2. The second kappa shape index (κ2) is 7.30. The molecule has 0 aromatic rings. The van der Waals surface area contributed by atoms with Crippen LogP contribution in [0.2, 0.25) is 0 Å². The minimum atomic E-state index is -1.27. The molecule has 0 atom stereocenters. The van der Waals surface area contributed by atoms with Gasteiger partial charge in [0, 0.05) is 11.7 Å². The van der Waals surface area contributed by atoms with Gasteiger partial charge in [-0.25, -0.2) is 4.79 Å². The molecule has 0 saturated carbocycles. The molecule has 0 fully saturated rings. The summed E-state index contributed by atoms with van der Waals surface area (Å²) in [7, 11) is 0. The van der Waals surface area contributed by atoms with Gasteiger partial charge in [0.1, 0.15) is 0 Å². The summed E-state index contributed by atoms with van der Waals surface area (Å²) in [4.78, 5) is 19.7. The molecule has 0 rings (SSSR count). The molecule has 0 aliphatic rings. The van der Waals surface area contributed by atoms with Gasteiger partial charge in [-0.3, -0.25) is 4.79 Å². The lowest BCUT2D eigenvalue weighted by Crippen LogP contribution is -2.04. The number of hydrogen-bond donors (Lipinski definition) is 3. The van der Waals surface area contributed by atoms with E-state index in [0.29, 0.717) is 0 Å². The van der Waals surface area contributed by atoms with E-state index in [1.807, 2.05) is 0 Å². The van der Waals surface area contributed by atoms with Gasteiger partial charge in [0.05, 0.1) is 6.42 Å². The Labute approximate surface area is 76.3 Å². The lowest BCUT2D eigenvalue weighted by molar-refractivity contribution is -0.139. The van der Waals surface area contributed by atoms with Crippen molar-refractivity contribution in [2.24, 2.45) is 0 Å². The van der Waals surface area contributed by atoms with E-state index >= 15 is 0 Å². The van der Waals surface area contributed by atoms with E-state index in [1.165, 1.54) is 0 Å². The zero-order valence-electron chi connectivity index (χ0n) is 7.65. The molecule has 5 heteroatoms. The first-order valence-corrected chi connectivity index (χ1v) is 3.58. The molecule has 0 saturated heterocycles. The highest BCUT2D eigenvalue weighted by atomic mass is 16.4. The molecule has 13 heavy (non-hydrogen) atoms. The number of carboxylic acids is 2. The average Bonchev–Trinajstić information content (AvgIpc) is 1.83. The average molecular weight is 190 g/mol. The molecule has 0 spiro atoms. The van der Waals surface area contributed by atoms with E-state index in [2.05, 4.69) is 6.58 Å². The molecular formula is C8H14O5. The van der Waals surface area contributed by atoms with Crippen LogP contribution < -0.4 is 0 Å². The number of hydrogen-bond acceptors (Lipinski definition) is 3. The summed E-state index contributed by atoms with van der Waals surface area (Å²) in [5, 5.41) is 24.1. The lowest BCUT2D eigenvalue weighted by Gasteiger charge is -1.91. The monoisotopic (exact) mass is 190 g/mol. The number of aliphatic carboxylic acids is 2. The Kier molecular flexibility index (Phi) is 7.96. The number of rotatable bonds is 3. The SMILES string of the molecule is C=C(CC(=O)O)C(=O)O.CC(C)O. The first-order valence-electron chi connectivity index (χ1n) is 3.58. The van der Waals surface area contributed by atoms with E-state index in [0.717, 1.165) is 0 Å². The molecule has 0 aromatic heterocycles. The second-order valence-corrected chi connectivity index (χ2v) is 2.57. The zero-order valence-corrected chi connectivity index (χ0v) is 7.65. The first kappa shape index (κ1) is 14.2. The van der Waals surface area contributed by atoms with Gasteiger partial charge in [-0.1, -0.05) is 6.58 Å². The standard InChI is InChI=1S/C5H6O4.C3H8O/c1-3(5(8)9)2-4(6)7;1-3(2)4/h1-2H2,(H,6,7)(H,8,9);3-4H,1-2H3. The van der Waals surface area contributed by atoms with Crippen LogP contribution in [0, 0.1) is 0 Å². The summed E-state index contributed by atoms with van der Waals surface area (Å²) < 4.78 is 0. The summed E-state index contributed by atoms with van der Waals surface area (Å²) >= 11 is 0. The Balaban J connectivity index is 0. The van der Waals surface area contributed by atoms with E-state index in [9.17, 15) is 9.59 Å². The number of aliphatic hydroxyl groups is 1. The van der Waals surface area contributed by atoms with Crippen molar-refractivity contribution in [1.29, 1.82) is 0 Å². The molecule has 0 bridgehead atoms. The maximum atomic E-state index is 9.87. The smallest absolute Gasteiger partial charge is 0.331 e. The summed E-state index contributed by atoms with van der Waals surface area (Å²) in [5.41, 5.74) is -0.303. The summed E-state index contributed by atoms with van der Waals surface area (Å²) in [6, 6.07) is 0. The summed E-state index contributed by atoms with van der Waals surface area (Å²) in [6.07, 6.45) is -0.671. The van der Waals surface area contributed by atoms with E-state index < -0.39 is 18.4 Å². The predicted octanol–water partition coefficient (Wildman–Crippen LogP) is 0.489. The minimum absolute atomic E-state index is 0.167. The van der Waals surface area contributed by atoms with Crippen LogP contribution >= 0.6 is 0 Å². The van der Waals surface area contributed by atoms with Gasteiger partial charge in [-0.2, -0.15) is 0 Å². The second-order valence-electron chi connectivity index (χ2n) is 2.57. The molecule has 0 aliphatic carbocycles. The normalized spacial score (nSPS) is 8.62. The van der Waals surface area contributed by atoms with Crippen LogP contribution in [-0.4, -0.2) is 33.4 Å². The molecular weight excluding hydrogens is 176 g/mol. The molecule has 0 radical (unpaired) electrons. The van der Waals surface area contributed by atoms with Crippen molar-refractivity contribution in [3.63, 3.8) is 0 Å². The Morgan fingerprint density at radius 1 is 1.31 bits per heavy atom. The van der Waals surface area contributed by atoms with Crippen molar-refractivity contribution in [1.82, 2.24) is 0 Å². The van der Waals surface area contributed by atoms with Crippen LogP contribution in [0.15, 0.2) is 12.2 Å². The Hall–Kier alpha value is -1.36. The highest BCUT2D eigenvalue weighted by Gasteiger charge is 2.07. The molecule has 0 amide bonds. The maximum Gasteiger partial charge on any atom is 0.331 e. The van der Waals surface area contributed by atoms with Crippen molar-refractivity contribution in [2.75, 3.05) is 0 Å². The highest BCUT2D eigenvalue weighted by Crippen LogP contribution is 1.95. The largest absolute Gasteiger partial charge is 0.481 e. The zero-order chi connectivity index (χ0) is 11.0. The van der Waals surface area contributed by atoms with Gasteiger partial charge in [-0.05, 0) is 13.8 Å². The quantitative estimate of drug-likeness (QED) is 0.563. The summed E-state index contributed by atoms with van der Waals surface area (Å²) in [6.45, 7) is 6.46. The lowest BCUT2D eigenvalue weighted by atomic mass is 10.2. The van der Waals surface area contributed by atoms with Crippen LogP contribution in [-0.2, 0) is 9.59 Å². The van der Waals surface area contributed by atoms with Crippen molar-refractivity contribution in [3.05, 3.63) is 12.2 Å². The molecule has 3 N–H and O–H groups in total. The highest BCUT2D eigenvalue weighted by molar-refractivity contribution is 5.91. The number of aliphatic hydroxyl groups excluding tert-OH is 1. The van der Waals surface area contributed by atoms with Crippen LogP contribution in [0.25, 0.3) is 0 Å². The van der Waals surface area contributed by atoms with Crippen molar-refractivity contribution >= 4 is 11.9 Å². The van der Waals surface area contributed by atoms with Gasteiger partial charge in [0.25, 0.3) is 0 Å². The van der Waals surface area contributed by atoms with Crippen molar-refractivity contribution < 1.29 is 24.9 Å².